The molecule has 1 N–H and O–H groups in total. The van der Waals surface area contributed by atoms with Crippen LogP contribution in [-0.4, -0.2) is 18.7 Å². The number of anilines is 1. The zero-order chi connectivity index (χ0) is 12.3. The predicted molar refractivity (Wildman–Crippen MR) is 62.0 cm³/mol. The van der Waals surface area contributed by atoms with E-state index in [4.69, 9.17) is 7.85 Å². The van der Waals surface area contributed by atoms with E-state index in [-0.39, 0.29) is 23.0 Å². The Balaban J connectivity index is 2.90. The molecule has 0 saturated carbocycles. The van der Waals surface area contributed by atoms with Crippen LogP contribution >= 0.6 is 0 Å². The number of hydrogen-bond acceptors (Lipinski definition) is 3. The molecule has 0 aliphatic rings. The minimum atomic E-state index is -0.566. The fraction of sp³-hybridized carbons (Fsp3) is 0.300. The van der Waals surface area contributed by atoms with Crippen molar-refractivity contribution in [2.75, 3.05) is 5.32 Å². The number of carbonyl (C=O) groups excluding carboxylic acids is 1. The maximum atomic E-state index is 11.4. The number of carbonyl (C=O) groups is 1. The number of nitro groups is 1. The summed E-state index contributed by atoms with van der Waals surface area (Å²) >= 11 is 0. The van der Waals surface area contributed by atoms with Gasteiger partial charge in [0, 0.05) is 17.7 Å². The highest BCUT2D eigenvalue weighted by Gasteiger charge is 2.12. The van der Waals surface area contributed by atoms with Crippen molar-refractivity contribution in [2.45, 2.75) is 13.8 Å². The lowest BCUT2D eigenvalue weighted by atomic mass is 9.93. The Morgan fingerprint density at radius 3 is 2.56 bits per heavy atom. The number of nitro benzene ring substituents is 1. The average molecular weight is 218 g/mol. The number of nitrogens with one attached hydrogen (secondary N) is 1. The van der Waals surface area contributed by atoms with E-state index in [1.807, 2.05) is 0 Å². The summed E-state index contributed by atoms with van der Waals surface area (Å²) in [7, 11) is 5.48. The van der Waals surface area contributed by atoms with E-state index in [0.717, 1.165) is 0 Å². The largest absolute Gasteiger partial charge is 0.326 e. The standard InChI is InChI=1S/C10H11BN2O3/c1-6(2)10(14)12-7-3-4-9(13(15)16)8(11)5-7/h3-6H,1-2H3,(H,12,14). The molecule has 1 aromatic carbocycles. The Morgan fingerprint density at radius 1 is 1.50 bits per heavy atom. The molecule has 0 fully saturated rings. The van der Waals surface area contributed by atoms with Crippen molar-refractivity contribution in [3.63, 3.8) is 0 Å². The summed E-state index contributed by atoms with van der Waals surface area (Å²) in [5.74, 6) is -0.315. The molecular formula is C10H11BN2O3. The van der Waals surface area contributed by atoms with Crippen molar-refractivity contribution < 1.29 is 9.72 Å². The lowest BCUT2D eigenvalue weighted by Gasteiger charge is -2.08. The van der Waals surface area contributed by atoms with Crippen LogP contribution in [0.25, 0.3) is 0 Å². The molecule has 1 aromatic rings. The molecule has 0 aliphatic heterocycles. The van der Waals surface area contributed by atoms with Crippen LogP contribution < -0.4 is 10.8 Å². The second-order valence-electron chi connectivity index (χ2n) is 3.67. The molecule has 2 radical (unpaired) electrons. The van der Waals surface area contributed by atoms with Gasteiger partial charge < -0.3 is 5.32 Å². The van der Waals surface area contributed by atoms with Gasteiger partial charge in [-0.2, -0.15) is 0 Å². The van der Waals surface area contributed by atoms with Gasteiger partial charge in [-0.25, -0.2) is 0 Å². The molecule has 0 bridgehead atoms. The van der Waals surface area contributed by atoms with Crippen molar-refractivity contribution in [3.05, 3.63) is 28.3 Å². The fourth-order valence-electron chi connectivity index (χ4n) is 1.09. The van der Waals surface area contributed by atoms with E-state index in [0.29, 0.717) is 5.69 Å². The van der Waals surface area contributed by atoms with Crippen molar-refractivity contribution in [1.29, 1.82) is 0 Å². The summed E-state index contributed by atoms with van der Waals surface area (Å²) in [6.45, 7) is 3.51. The minimum Gasteiger partial charge on any atom is -0.326 e. The third-order valence-corrected chi connectivity index (χ3v) is 2.02. The Kier molecular flexibility index (Phi) is 3.66. The van der Waals surface area contributed by atoms with Crippen LogP contribution in [0.1, 0.15) is 13.8 Å². The first-order chi connectivity index (χ1) is 7.41. The SMILES string of the molecule is [B]c1cc(NC(=O)C(C)C)ccc1[N+](=O)[O-]. The number of hydrogen-bond donors (Lipinski definition) is 1. The Morgan fingerprint density at radius 2 is 2.12 bits per heavy atom. The quantitative estimate of drug-likeness (QED) is 0.467. The van der Waals surface area contributed by atoms with E-state index in [1.165, 1.54) is 18.2 Å². The Hall–Kier alpha value is -1.85. The van der Waals surface area contributed by atoms with Gasteiger partial charge in [-0.3, -0.25) is 14.9 Å². The molecule has 1 amide bonds. The zero-order valence-electron chi connectivity index (χ0n) is 9.06. The number of rotatable bonds is 3. The highest BCUT2D eigenvalue weighted by atomic mass is 16.6. The first kappa shape index (κ1) is 12.2. The zero-order valence-corrected chi connectivity index (χ0v) is 9.06. The van der Waals surface area contributed by atoms with E-state index < -0.39 is 4.92 Å². The molecule has 1 rings (SSSR count). The number of amides is 1. The van der Waals surface area contributed by atoms with E-state index in [9.17, 15) is 14.9 Å². The Labute approximate surface area is 94.4 Å². The van der Waals surface area contributed by atoms with Crippen LogP contribution in [0, 0.1) is 16.0 Å². The molecule has 6 heteroatoms. The van der Waals surface area contributed by atoms with Crippen molar-refractivity contribution in [3.8, 4) is 0 Å². The predicted octanol–water partition coefficient (Wildman–Crippen LogP) is 0.983. The summed E-state index contributed by atoms with van der Waals surface area (Å²) in [6, 6.07) is 4.10. The molecule has 0 aliphatic carbocycles. The third-order valence-electron chi connectivity index (χ3n) is 2.02. The van der Waals surface area contributed by atoms with Gasteiger partial charge in [-0.1, -0.05) is 13.8 Å². The normalized spacial score (nSPS) is 10.2. The van der Waals surface area contributed by atoms with E-state index >= 15 is 0 Å². The van der Waals surface area contributed by atoms with Gasteiger partial charge in [0.15, 0.2) is 0 Å². The van der Waals surface area contributed by atoms with Gasteiger partial charge in [0.1, 0.15) is 7.85 Å². The van der Waals surface area contributed by atoms with Crippen LogP contribution in [0.15, 0.2) is 18.2 Å². The molecule has 0 saturated heterocycles. The maximum Gasteiger partial charge on any atom is 0.262 e. The second-order valence-corrected chi connectivity index (χ2v) is 3.67. The molecule has 82 valence electrons. The number of nitrogens with zero attached hydrogens (tertiary/aromatic N) is 1. The highest BCUT2D eigenvalue weighted by Crippen LogP contribution is 2.13. The lowest BCUT2D eigenvalue weighted by Crippen LogP contribution is -2.19. The fourth-order valence-corrected chi connectivity index (χ4v) is 1.09. The van der Waals surface area contributed by atoms with Crippen LogP contribution in [0.4, 0.5) is 11.4 Å². The topological polar surface area (TPSA) is 72.2 Å². The van der Waals surface area contributed by atoms with Crippen molar-refractivity contribution in [2.24, 2.45) is 5.92 Å². The molecule has 5 nitrogen and oxygen atoms in total. The third kappa shape index (κ3) is 2.82. The van der Waals surface area contributed by atoms with Gasteiger partial charge in [0.2, 0.25) is 5.91 Å². The molecule has 0 aromatic heterocycles. The second kappa shape index (κ2) is 4.78. The monoisotopic (exact) mass is 218 g/mol. The van der Waals surface area contributed by atoms with Gasteiger partial charge in [-0.15, -0.1) is 0 Å². The van der Waals surface area contributed by atoms with Crippen LogP contribution in [-0.2, 0) is 4.79 Å². The number of benzene rings is 1. The smallest absolute Gasteiger partial charge is 0.262 e. The van der Waals surface area contributed by atoms with Crippen LogP contribution in [0.3, 0.4) is 0 Å². The molecular weight excluding hydrogens is 207 g/mol. The van der Waals surface area contributed by atoms with Gasteiger partial charge in [-0.05, 0) is 17.6 Å². The van der Waals surface area contributed by atoms with Crippen molar-refractivity contribution >= 4 is 30.6 Å². The van der Waals surface area contributed by atoms with Crippen LogP contribution in [0.2, 0.25) is 0 Å². The molecule has 0 unspecified atom stereocenters. The summed E-state index contributed by atoms with van der Waals surface area (Å²) in [5.41, 5.74) is 0.330. The lowest BCUT2D eigenvalue weighted by molar-refractivity contribution is -0.383. The van der Waals surface area contributed by atoms with Gasteiger partial charge >= 0.3 is 0 Å². The Bertz CT molecular complexity index is 432. The summed E-state index contributed by atoms with van der Waals surface area (Å²) in [5, 5.41) is 13.1. The highest BCUT2D eigenvalue weighted by molar-refractivity contribution is 6.35. The van der Waals surface area contributed by atoms with Gasteiger partial charge in [0.25, 0.3) is 5.69 Å². The van der Waals surface area contributed by atoms with Gasteiger partial charge in [0.05, 0.1) is 4.92 Å². The average Bonchev–Trinajstić information content (AvgIpc) is 2.16. The summed E-state index contributed by atoms with van der Waals surface area (Å²) in [4.78, 5) is 21.3. The van der Waals surface area contributed by atoms with E-state index in [2.05, 4.69) is 5.32 Å². The first-order valence-electron chi connectivity index (χ1n) is 4.76. The van der Waals surface area contributed by atoms with Crippen molar-refractivity contribution in [1.82, 2.24) is 0 Å². The summed E-state index contributed by atoms with van der Waals surface area (Å²) in [6.07, 6.45) is 0. The molecule has 0 spiro atoms. The maximum absolute atomic E-state index is 11.4. The molecule has 0 atom stereocenters. The van der Waals surface area contributed by atoms with E-state index in [1.54, 1.807) is 13.8 Å². The minimum absolute atomic E-state index is 0.0338. The summed E-state index contributed by atoms with van der Waals surface area (Å²) < 4.78 is 0. The molecule has 0 heterocycles. The van der Waals surface area contributed by atoms with Crippen LogP contribution in [0.5, 0.6) is 0 Å². The first-order valence-corrected chi connectivity index (χ1v) is 4.76. The molecule has 16 heavy (non-hydrogen) atoms.